The van der Waals surface area contributed by atoms with Crippen LogP contribution in [-0.4, -0.2) is 0 Å². The van der Waals surface area contributed by atoms with Gasteiger partial charge in [-0.05, 0) is 149 Å². The van der Waals surface area contributed by atoms with Crippen LogP contribution in [-0.2, 0) is 0 Å². The third kappa shape index (κ3) is 5.97. The number of aryl methyl sites for hydroxylation is 8. The minimum Gasteiger partial charge on any atom is -0.310 e. The molecule has 0 spiro atoms. The second-order valence-corrected chi connectivity index (χ2v) is 18.5. The van der Waals surface area contributed by atoms with Crippen LogP contribution in [0, 0.1) is 55.4 Å². The first-order chi connectivity index (χ1) is 28.0. The number of rotatable bonds is 6. The van der Waals surface area contributed by atoms with E-state index in [1.54, 1.807) is 0 Å². The van der Waals surface area contributed by atoms with Gasteiger partial charge in [0.1, 0.15) is 0 Å². The standard InChI is InChI=1S/C54H46N2S2/c1-31-9-19-45(35(5)25-31)55(46-20-10-32(2)26-36(46)6)39-13-15-43-51(29-39)57-49-23-17-42-41(53(43)49)18-24-50-54(42)44-16-14-40(30-52(44)58-50)56(47-21-11-33(3)27-37(47)7)48-22-12-34(4)28-38(48)8/h9-30H,1-8H3. The van der Waals surface area contributed by atoms with E-state index in [0.717, 1.165) is 0 Å². The molecule has 0 N–H and O–H groups in total. The van der Waals surface area contributed by atoms with Crippen molar-refractivity contribution >= 4 is 108 Å². The van der Waals surface area contributed by atoms with Crippen LogP contribution in [0.25, 0.3) is 51.1 Å². The van der Waals surface area contributed by atoms with Crippen molar-refractivity contribution in [1.82, 2.24) is 0 Å². The van der Waals surface area contributed by atoms with Crippen molar-refractivity contribution < 1.29 is 0 Å². The quantitative estimate of drug-likeness (QED) is 0.166. The van der Waals surface area contributed by atoms with Crippen LogP contribution in [0.3, 0.4) is 0 Å². The van der Waals surface area contributed by atoms with Crippen molar-refractivity contribution in [2.24, 2.45) is 0 Å². The van der Waals surface area contributed by atoms with E-state index in [2.05, 4.69) is 199 Å². The molecule has 0 fully saturated rings. The summed E-state index contributed by atoms with van der Waals surface area (Å²) in [5, 5.41) is 7.97. The number of nitrogens with zero attached hydrogens (tertiary/aromatic N) is 2. The first-order valence-electron chi connectivity index (χ1n) is 20.2. The molecule has 8 aromatic carbocycles. The number of benzene rings is 8. The molecule has 2 heterocycles. The van der Waals surface area contributed by atoms with Crippen molar-refractivity contribution in [3.63, 3.8) is 0 Å². The smallest absolute Gasteiger partial charge is 0.0491 e. The summed E-state index contributed by atoms with van der Waals surface area (Å²) >= 11 is 3.80. The average molecular weight is 787 g/mol. The maximum atomic E-state index is 2.45. The van der Waals surface area contributed by atoms with Gasteiger partial charge in [-0.1, -0.05) is 95.1 Å². The molecule has 0 saturated heterocycles. The molecule has 0 saturated carbocycles. The van der Waals surface area contributed by atoms with Gasteiger partial charge in [0.05, 0.1) is 0 Å². The van der Waals surface area contributed by atoms with Crippen molar-refractivity contribution in [2.75, 3.05) is 9.80 Å². The van der Waals surface area contributed by atoms with Crippen molar-refractivity contribution in [3.8, 4) is 0 Å². The predicted octanol–water partition coefficient (Wildman–Crippen LogP) is 17.0. The van der Waals surface area contributed by atoms with Gasteiger partial charge in [0, 0.05) is 74.5 Å². The first kappa shape index (κ1) is 36.4. The van der Waals surface area contributed by atoms with E-state index in [4.69, 9.17) is 0 Å². The van der Waals surface area contributed by atoms with E-state index < -0.39 is 0 Å². The van der Waals surface area contributed by atoms with Gasteiger partial charge < -0.3 is 9.80 Å². The molecule has 0 aliphatic heterocycles. The highest BCUT2D eigenvalue weighted by Gasteiger charge is 2.21. The fraction of sp³-hybridized carbons (Fsp3) is 0.148. The molecule has 10 aromatic rings. The Morgan fingerprint density at radius 3 is 0.914 bits per heavy atom. The van der Waals surface area contributed by atoms with Crippen LogP contribution in [0.1, 0.15) is 44.5 Å². The Balaban J connectivity index is 1.13. The first-order valence-corrected chi connectivity index (χ1v) is 21.8. The summed E-state index contributed by atoms with van der Waals surface area (Å²) in [5.74, 6) is 0. The summed E-state index contributed by atoms with van der Waals surface area (Å²) in [6, 6.07) is 50.8. The second-order valence-electron chi connectivity index (χ2n) is 16.4. The molecule has 2 nitrogen and oxygen atoms in total. The molecule has 0 bridgehead atoms. The summed E-state index contributed by atoms with van der Waals surface area (Å²) in [6.45, 7) is 17.6. The molecular weight excluding hydrogens is 741 g/mol. The van der Waals surface area contributed by atoms with Gasteiger partial charge in [0.2, 0.25) is 0 Å². The van der Waals surface area contributed by atoms with E-state index >= 15 is 0 Å². The Kier molecular flexibility index (Phi) is 8.70. The van der Waals surface area contributed by atoms with Crippen LogP contribution in [0.5, 0.6) is 0 Å². The SMILES string of the molecule is Cc1ccc(N(c2ccc3c(c2)sc2ccc4c(ccc5sc6cc(N(c7ccc(C)cc7C)c7ccc(C)cc7C)ccc6c54)c23)c2ccc(C)cc2C)c(C)c1. The molecule has 2 aromatic heterocycles. The van der Waals surface area contributed by atoms with Gasteiger partial charge in [-0.15, -0.1) is 22.7 Å². The number of hydrogen-bond acceptors (Lipinski definition) is 4. The lowest BCUT2D eigenvalue weighted by Crippen LogP contribution is -2.12. The van der Waals surface area contributed by atoms with Crippen molar-refractivity contribution in [1.29, 1.82) is 0 Å². The lowest BCUT2D eigenvalue weighted by atomic mass is 9.99. The predicted molar refractivity (Wildman–Crippen MR) is 257 cm³/mol. The van der Waals surface area contributed by atoms with Crippen LogP contribution < -0.4 is 9.80 Å². The molecular formula is C54H46N2S2. The minimum atomic E-state index is 1.18. The Hall–Kier alpha value is -5.94. The zero-order chi connectivity index (χ0) is 40.0. The van der Waals surface area contributed by atoms with Gasteiger partial charge in [-0.25, -0.2) is 0 Å². The molecule has 4 heteroatoms. The molecule has 58 heavy (non-hydrogen) atoms. The van der Waals surface area contributed by atoms with Crippen molar-refractivity contribution in [2.45, 2.75) is 55.4 Å². The van der Waals surface area contributed by atoms with E-state index in [1.165, 1.54) is 130 Å². The fourth-order valence-corrected chi connectivity index (χ4v) is 11.6. The Labute approximate surface area is 349 Å². The van der Waals surface area contributed by atoms with E-state index in [9.17, 15) is 0 Å². The van der Waals surface area contributed by atoms with Gasteiger partial charge in [-0.2, -0.15) is 0 Å². The monoisotopic (exact) mass is 786 g/mol. The maximum Gasteiger partial charge on any atom is 0.0491 e. The molecule has 0 aliphatic carbocycles. The molecule has 0 atom stereocenters. The van der Waals surface area contributed by atoms with Gasteiger partial charge >= 0.3 is 0 Å². The second kappa shape index (κ2) is 13.9. The van der Waals surface area contributed by atoms with E-state index in [1.807, 2.05) is 22.7 Å². The van der Waals surface area contributed by atoms with Crippen LogP contribution >= 0.6 is 22.7 Å². The summed E-state index contributed by atoms with van der Waals surface area (Å²) in [6.07, 6.45) is 0. The highest BCUT2D eigenvalue weighted by molar-refractivity contribution is 7.26. The van der Waals surface area contributed by atoms with Crippen LogP contribution in [0.2, 0.25) is 0 Å². The van der Waals surface area contributed by atoms with Crippen LogP contribution in [0.4, 0.5) is 34.1 Å². The number of thiophene rings is 2. The summed E-state index contributed by atoms with van der Waals surface area (Å²) in [7, 11) is 0. The van der Waals surface area contributed by atoms with Gasteiger partial charge in [0.15, 0.2) is 0 Å². The highest BCUT2D eigenvalue weighted by Crippen LogP contribution is 2.48. The molecule has 0 aliphatic rings. The molecule has 0 amide bonds. The lowest BCUT2D eigenvalue weighted by molar-refractivity contribution is 1.21. The molecule has 284 valence electrons. The maximum absolute atomic E-state index is 2.45. The largest absolute Gasteiger partial charge is 0.310 e. The highest BCUT2D eigenvalue weighted by atomic mass is 32.1. The van der Waals surface area contributed by atoms with E-state index in [-0.39, 0.29) is 0 Å². The third-order valence-corrected chi connectivity index (χ3v) is 14.2. The van der Waals surface area contributed by atoms with Gasteiger partial charge in [0.25, 0.3) is 0 Å². The Morgan fingerprint density at radius 2 is 0.603 bits per heavy atom. The van der Waals surface area contributed by atoms with E-state index in [0.29, 0.717) is 0 Å². The molecule has 0 radical (unpaired) electrons. The zero-order valence-electron chi connectivity index (χ0n) is 34.4. The number of fused-ring (bicyclic) bond motifs is 9. The zero-order valence-corrected chi connectivity index (χ0v) is 36.0. The number of hydrogen-bond donors (Lipinski definition) is 0. The molecule has 10 rings (SSSR count). The minimum absolute atomic E-state index is 1.18. The Bertz CT molecular complexity index is 2970. The number of anilines is 6. The summed E-state index contributed by atoms with van der Waals surface area (Å²) in [4.78, 5) is 4.89. The van der Waals surface area contributed by atoms with Gasteiger partial charge in [-0.3, -0.25) is 0 Å². The summed E-state index contributed by atoms with van der Waals surface area (Å²) < 4.78 is 5.25. The average Bonchev–Trinajstić information content (AvgIpc) is 3.76. The summed E-state index contributed by atoms with van der Waals surface area (Å²) in [5.41, 5.74) is 17.4. The third-order valence-electron chi connectivity index (χ3n) is 11.9. The normalized spacial score (nSPS) is 11.8. The van der Waals surface area contributed by atoms with Crippen molar-refractivity contribution in [3.05, 3.63) is 178 Å². The van der Waals surface area contributed by atoms with Crippen LogP contribution in [0.15, 0.2) is 133 Å². The lowest BCUT2D eigenvalue weighted by Gasteiger charge is -2.29. The fourth-order valence-electron chi connectivity index (χ4n) is 9.25. The topological polar surface area (TPSA) is 6.48 Å². The molecule has 0 unspecified atom stereocenters. The Morgan fingerprint density at radius 1 is 0.293 bits per heavy atom.